The molecule has 0 aliphatic heterocycles. The third kappa shape index (κ3) is 4.24. The summed E-state index contributed by atoms with van der Waals surface area (Å²) >= 11 is 6.25. The summed E-state index contributed by atoms with van der Waals surface area (Å²) in [5.74, 6) is 0.313. The van der Waals surface area contributed by atoms with E-state index in [9.17, 15) is 10.2 Å². The van der Waals surface area contributed by atoms with E-state index in [2.05, 4.69) is 15.2 Å². The van der Waals surface area contributed by atoms with E-state index in [1.54, 1.807) is 42.5 Å². The Balaban J connectivity index is 1.95. The summed E-state index contributed by atoms with van der Waals surface area (Å²) in [6.07, 6.45) is 2.22. The lowest BCUT2D eigenvalue weighted by atomic mass is 9.95. The molecule has 0 amide bonds. The predicted molar refractivity (Wildman–Crippen MR) is 128 cm³/mol. The van der Waals surface area contributed by atoms with Gasteiger partial charge in [-0.05, 0) is 37.1 Å². The summed E-state index contributed by atoms with van der Waals surface area (Å²) < 4.78 is 16.9. The smallest absolute Gasteiger partial charge is 0.257 e. The van der Waals surface area contributed by atoms with Crippen molar-refractivity contribution in [2.45, 2.75) is 26.2 Å². The standard InChI is InChI=1S/C25H24ClN3O5/c1-4-5-11-16-19(20-17(32-2)12-8-13-18(20)33-3)22(30)21(23(31)27-16)25-29-28-24(34-25)14-9-6-7-10-15(14)26/h6-10,12-13H,4-5,11H2,1-3H3,(H2,27,30,31). The summed E-state index contributed by atoms with van der Waals surface area (Å²) in [5.41, 5.74) is 1.81. The molecule has 34 heavy (non-hydrogen) atoms. The molecule has 8 nitrogen and oxygen atoms in total. The maximum absolute atomic E-state index is 11.5. The molecular formula is C25H24ClN3O5. The van der Waals surface area contributed by atoms with Crippen LogP contribution in [0.1, 0.15) is 25.5 Å². The number of rotatable bonds is 8. The zero-order valence-electron chi connectivity index (χ0n) is 19.0. The first-order valence-electron chi connectivity index (χ1n) is 10.7. The number of aromatic nitrogens is 3. The fraction of sp³-hybridized carbons (Fsp3) is 0.240. The Morgan fingerprint density at radius 1 is 0.882 bits per heavy atom. The Kier molecular flexibility index (Phi) is 6.88. The molecule has 2 aromatic carbocycles. The Labute approximate surface area is 201 Å². The summed E-state index contributed by atoms with van der Waals surface area (Å²) in [7, 11) is 3.06. The minimum atomic E-state index is -0.421. The molecule has 0 fully saturated rings. The fourth-order valence-electron chi connectivity index (χ4n) is 3.76. The molecule has 0 aliphatic rings. The Morgan fingerprint density at radius 2 is 1.56 bits per heavy atom. The van der Waals surface area contributed by atoms with Crippen LogP contribution in [0.3, 0.4) is 0 Å². The van der Waals surface area contributed by atoms with Crippen molar-refractivity contribution in [3.05, 3.63) is 53.2 Å². The number of benzene rings is 2. The largest absolute Gasteiger partial charge is 0.506 e. The molecule has 0 radical (unpaired) electrons. The first-order chi connectivity index (χ1) is 16.5. The number of aromatic hydroxyl groups is 2. The van der Waals surface area contributed by atoms with E-state index < -0.39 is 5.88 Å². The van der Waals surface area contributed by atoms with Gasteiger partial charge in [-0.1, -0.05) is 43.1 Å². The monoisotopic (exact) mass is 481 g/mol. The minimum Gasteiger partial charge on any atom is -0.506 e. The summed E-state index contributed by atoms with van der Waals surface area (Å²) in [5, 5.41) is 30.8. The lowest BCUT2D eigenvalue weighted by Crippen LogP contribution is -2.01. The highest BCUT2D eigenvalue weighted by atomic mass is 35.5. The van der Waals surface area contributed by atoms with E-state index in [-0.39, 0.29) is 23.1 Å². The van der Waals surface area contributed by atoms with Crippen molar-refractivity contribution in [1.82, 2.24) is 15.2 Å². The fourth-order valence-corrected chi connectivity index (χ4v) is 3.97. The Bertz CT molecular complexity index is 1300. The van der Waals surface area contributed by atoms with Crippen molar-refractivity contribution in [3.8, 4) is 57.2 Å². The lowest BCUT2D eigenvalue weighted by molar-refractivity contribution is 0.395. The van der Waals surface area contributed by atoms with Crippen molar-refractivity contribution in [2.75, 3.05) is 14.2 Å². The average Bonchev–Trinajstić information content (AvgIpc) is 3.32. The van der Waals surface area contributed by atoms with Gasteiger partial charge in [0.25, 0.3) is 5.89 Å². The van der Waals surface area contributed by atoms with E-state index in [4.69, 9.17) is 25.5 Å². The van der Waals surface area contributed by atoms with Crippen molar-refractivity contribution in [2.24, 2.45) is 0 Å². The number of halogens is 1. The zero-order valence-corrected chi connectivity index (χ0v) is 19.8. The molecule has 0 aliphatic carbocycles. The van der Waals surface area contributed by atoms with E-state index in [1.165, 1.54) is 14.2 Å². The molecule has 2 N–H and O–H groups in total. The molecule has 0 saturated heterocycles. The lowest BCUT2D eigenvalue weighted by Gasteiger charge is -2.18. The molecule has 176 valence electrons. The van der Waals surface area contributed by atoms with Crippen LogP contribution in [-0.4, -0.2) is 39.6 Å². The van der Waals surface area contributed by atoms with Crippen LogP contribution in [0.2, 0.25) is 5.02 Å². The first-order valence-corrected chi connectivity index (χ1v) is 11.1. The molecule has 4 rings (SSSR count). The SMILES string of the molecule is CCCCc1nc(O)c(-c2nnc(-c3ccccc3Cl)o2)c(O)c1-c1c(OC)cccc1OC. The number of hydrogen-bond donors (Lipinski definition) is 2. The second-order valence-corrected chi connectivity index (χ2v) is 7.92. The van der Waals surface area contributed by atoms with Crippen LogP contribution in [0.15, 0.2) is 46.9 Å². The zero-order chi connectivity index (χ0) is 24.2. The Hall–Kier alpha value is -3.78. The van der Waals surface area contributed by atoms with Gasteiger partial charge < -0.3 is 24.1 Å². The molecule has 9 heteroatoms. The van der Waals surface area contributed by atoms with Gasteiger partial charge in [0.15, 0.2) is 0 Å². The number of hydrogen-bond acceptors (Lipinski definition) is 8. The van der Waals surface area contributed by atoms with Crippen molar-refractivity contribution in [1.29, 1.82) is 0 Å². The molecule has 2 heterocycles. The van der Waals surface area contributed by atoms with Gasteiger partial charge in [-0.2, -0.15) is 0 Å². The second kappa shape index (κ2) is 10.0. The van der Waals surface area contributed by atoms with Gasteiger partial charge in [0.1, 0.15) is 22.8 Å². The highest BCUT2D eigenvalue weighted by molar-refractivity contribution is 6.33. The highest BCUT2D eigenvalue weighted by Gasteiger charge is 2.29. The van der Waals surface area contributed by atoms with Gasteiger partial charge >= 0.3 is 0 Å². The molecular weight excluding hydrogens is 458 g/mol. The van der Waals surface area contributed by atoms with Crippen molar-refractivity contribution in [3.63, 3.8) is 0 Å². The third-order valence-corrected chi connectivity index (χ3v) is 5.74. The minimum absolute atomic E-state index is 0.0889. The van der Waals surface area contributed by atoms with Crippen LogP contribution in [-0.2, 0) is 6.42 Å². The number of pyridine rings is 1. The number of aryl methyl sites for hydroxylation is 1. The second-order valence-electron chi connectivity index (χ2n) is 7.51. The van der Waals surface area contributed by atoms with Crippen LogP contribution < -0.4 is 9.47 Å². The molecule has 4 aromatic rings. The quantitative estimate of drug-likeness (QED) is 0.320. The third-order valence-electron chi connectivity index (χ3n) is 5.41. The van der Waals surface area contributed by atoms with E-state index in [1.807, 2.05) is 6.92 Å². The van der Waals surface area contributed by atoms with Gasteiger partial charge in [-0.3, -0.25) is 0 Å². The van der Waals surface area contributed by atoms with Crippen LogP contribution in [0, 0.1) is 0 Å². The van der Waals surface area contributed by atoms with Crippen LogP contribution >= 0.6 is 11.6 Å². The summed E-state index contributed by atoms with van der Waals surface area (Å²) in [6, 6.07) is 12.3. The van der Waals surface area contributed by atoms with Crippen molar-refractivity contribution >= 4 is 11.6 Å². The average molecular weight is 482 g/mol. The highest BCUT2D eigenvalue weighted by Crippen LogP contribution is 2.50. The molecule has 0 saturated carbocycles. The van der Waals surface area contributed by atoms with Crippen LogP contribution in [0.25, 0.3) is 34.0 Å². The maximum atomic E-state index is 11.5. The molecule has 0 unspecified atom stereocenters. The number of methoxy groups -OCH3 is 2. The molecule has 0 atom stereocenters. The van der Waals surface area contributed by atoms with Crippen LogP contribution in [0.5, 0.6) is 23.1 Å². The first kappa shape index (κ1) is 23.4. The summed E-state index contributed by atoms with van der Waals surface area (Å²) in [6.45, 7) is 2.05. The summed E-state index contributed by atoms with van der Waals surface area (Å²) in [4.78, 5) is 4.41. The molecule has 2 aromatic heterocycles. The van der Waals surface area contributed by atoms with Crippen molar-refractivity contribution < 1.29 is 24.1 Å². The number of ether oxygens (including phenoxy) is 2. The van der Waals surface area contributed by atoms with E-state index >= 15 is 0 Å². The Morgan fingerprint density at radius 3 is 2.21 bits per heavy atom. The number of nitrogens with zero attached hydrogens (tertiary/aromatic N) is 3. The van der Waals surface area contributed by atoms with Gasteiger partial charge in [0.2, 0.25) is 11.8 Å². The topological polar surface area (TPSA) is 111 Å². The van der Waals surface area contributed by atoms with Gasteiger partial charge in [-0.25, -0.2) is 4.98 Å². The van der Waals surface area contributed by atoms with E-state index in [0.717, 1.165) is 12.8 Å². The number of unbranched alkanes of at least 4 members (excludes halogenated alkanes) is 1. The molecule has 0 spiro atoms. The van der Waals surface area contributed by atoms with Crippen LogP contribution in [0.4, 0.5) is 0 Å². The normalized spacial score (nSPS) is 10.9. The maximum Gasteiger partial charge on any atom is 0.257 e. The van der Waals surface area contributed by atoms with Gasteiger partial charge in [0.05, 0.1) is 41.6 Å². The van der Waals surface area contributed by atoms with E-state index in [0.29, 0.717) is 45.3 Å². The van der Waals surface area contributed by atoms with Gasteiger partial charge in [0, 0.05) is 0 Å². The predicted octanol–water partition coefficient (Wildman–Crippen LogP) is 5.89. The van der Waals surface area contributed by atoms with Gasteiger partial charge in [-0.15, -0.1) is 10.2 Å². The molecule has 0 bridgehead atoms.